The second kappa shape index (κ2) is 6.68. The van der Waals surface area contributed by atoms with Crippen LogP contribution in [-0.4, -0.2) is 12.0 Å². The Morgan fingerprint density at radius 3 is 2.85 bits per heavy atom. The summed E-state index contributed by atoms with van der Waals surface area (Å²) < 4.78 is 18.8. The van der Waals surface area contributed by atoms with Gasteiger partial charge < -0.3 is 10.1 Å². The van der Waals surface area contributed by atoms with E-state index in [1.807, 2.05) is 26.1 Å². The zero-order valence-corrected chi connectivity index (χ0v) is 12.1. The predicted molar refractivity (Wildman–Crippen MR) is 77.5 cm³/mol. The number of rotatable bonds is 5. The van der Waals surface area contributed by atoms with E-state index in [0.29, 0.717) is 10.6 Å². The molecule has 0 aliphatic carbocycles. The Morgan fingerprint density at radius 1 is 1.35 bits per heavy atom. The van der Waals surface area contributed by atoms with Gasteiger partial charge in [-0.15, -0.1) is 0 Å². The highest BCUT2D eigenvalue weighted by molar-refractivity contribution is 6.30. The minimum atomic E-state index is -0.369. The second-order valence-corrected chi connectivity index (χ2v) is 4.93. The van der Waals surface area contributed by atoms with Gasteiger partial charge in [0.15, 0.2) is 0 Å². The molecule has 0 radical (unpaired) electrons. The first-order valence-corrected chi connectivity index (χ1v) is 6.67. The molecule has 0 aliphatic heterocycles. The summed E-state index contributed by atoms with van der Waals surface area (Å²) in [5, 5.41) is 3.80. The van der Waals surface area contributed by atoms with Crippen molar-refractivity contribution in [3.05, 3.63) is 58.6 Å². The molecular formula is C15H16ClFN2O. The van der Waals surface area contributed by atoms with Crippen molar-refractivity contribution >= 4 is 11.6 Å². The average molecular weight is 295 g/mol. The molecule has 2 aromatic rings. The Bertz CT molecular complexity index is 592. The maximum absolute atomic E-state index is 13.1. The first-order chi connectivity index (χ1) is 9.60. The van der Waals surface area contributed by atoms with Gasteiger partial charge in [-0.2, -0.15) is 0 Å². The van der Waals surface area contributed by atoms with Gasteiger partial charge in [-0.05, 0) is 38.2 Å². The predicted octanol–water partition coefficient (Wildman–Crippen LogP) is 3.73. The van der Waals surface area contributed by atoms with E-state index in [1.54, 1.807) is 12.3 Å². The van der Waals surface area contributed by atoms with Crippen LogP contribution >= 0.6 is 11.6 Å². The van der Waals surface area contributed by atoms with E-state index in [2.05, 4.69) is 10.3 Å². The summed E-state index contributed by atoms with van der Waals surface area (Å²) in [4.78, 5) is 3.80. The standard InChI is InChI=1S/C15H16ClFN2O/c1-10(18-2)14-6-12(16)3-4-15(14)20-9-11-5-13(17)8-19-7-11/h3-8,10,18H,9H2,1-2H3. The molecule has 5 heteroatoms. The van der Waals surface area contributed by atoms with Crippen LogP contribution in [0.3, 0.4) is 0 Å². The van der Waals surface area contributed by atoms with E-state index in [9.17, 15) is 4.39 Å². The fourth-order valence-electron chi connectivity index (χ4n) is 1.84. The molecule has 1 N–H and O–H groups in total. The fraction of sp³-hybridized carbons (Fsp3) is 0.267. The highest BCUT2D eigenvalue weighted by Gasteiger charge is 2.11. The number of pyridine rings is 1. The lowest BCUT2D eigenvalue weighted by atomic mass is 10.1. The molecule has 20 heavy (non-hydrogen) atoms. The van der Waals surface area contributed by atoms with E-state index < -0.39 is 0 Å². The van der Waals surface area contributed by atoms with E-state index >= 15 is 0 Å². The van der Waals surface area contributed by atoms with Gasteiger partial charge >= 0.3 is 0 Å². The molecule has 1 aromatic carbocycles. The third-order valence-corrected chi connectivity index (χ3v) is 3.26. The lowest BCUT2D eigenvalue weighted by Gasteiger charge is -2.17. The van der Waals surface area contributed by atoms with Crippen LogP contribution in [0.5, 0.6) is 5.75 Å². The Morgan fingerprint density at radius 2 is 2.15 bits per heavy atom. The Balaban J connectivity index is 2.16. The smallest absolute Gasteiger partial charge is 0.141 e. The van der Waals surface area contributed by atoms with Crippen LogP contribution in [0.15, 0.2) is 36.7 Å². The van der Waals surface area contributed by atoms with E-state index in [-0.39, 0.29) is 18.5 Å². The van der Waals surface area contributed by atoms with Crippen LogP contribution < -0.4 is 10.1 Å². The molecule has 0 aliphatic rings. The summed E-state index contributed by atoms with van der Waals surface area (Å²) >= 11 is 6.01. The minimum Gasteiger partial charge on any atom is -0.489 e. The first kappa shape index (κ1) is 14.8. The average Bonchev–Trinajstić information content (AvgIpc) is 2.45. The topological polar surface area (TPSA) is 34.1 Å². The minimum absolute atomic E-state index is 0.106. The number of nitrogens with one attached hydrogen (secondary N) is 1. The van der Waals surface area contributed by atoms with E-state index in [4.69, 9.17) is 16.3 Å². The summed E-state index contributed by atoms with van der Waals surface area (Å²) in [6.45, 7) is 2.28. The van der Waals surface area contributed by atoms with Gasteiger partial charge in [-0.3, -0.25) is 4.98 Å². The molecule has 2 rings (SSSR count). The molecule has 0 bridgehead atoms. The third kappa shape index (κ3) is 3.68. The number of ether oxygens (including phenoxy) is 1. The summed E-state index contributed by atoms with van der Waals surface area (Å²) in [6, 6.07) is 6.96. The van der Waals surface area contributed by atoms with Gasteiger partial charge in [-0.1, -0.05) is 11.6 Å². The van der Waals surface area contributed by atoms with Crippen molar-refractivity contribution in [3.63, 3.8) is 0 Å². The van der Waals surface area contributed by atoms with Crippen molar-refractivity contribution in [1.82, 2.24) is 10.3 Å². The molecule has 1 unspecified atom stereocenters. The largest absolute Gasteiger partial charge is 0.489 e. The molecule has 1 atom stereocenters. The van der Waals surface area contributed by atoms with Crippen molar-refractivity contribution in [3.8, 4) is 5.75 Å². The van der Waals surface area contributed by atoms with Crippen LogP contribution in [0.25, 0.3) is 0 Å². The Hall–Kier alpha value is -1.65. The molecule has 106 valence electrons. The molecule has 0 saturated carbocycles. The maximum atomic E-state index is 13.1. The van der Waals surface area contributed by atoms with Gasteiger partial charge in [-0.25, -0.2) is 4.39 Å². The maximum Gasteiger partial charge on any atom is 0.141 e. The van der Waals surface area contributed by atoms with Crippen molar-refractivity contribution in [2.45, 2.75) is 19.6 Å². The first-order valence-electron chi connectivity index (χ1n) is 6.29. The number of aromatic nitrogens is 1. The number of hydrogen-bond donors (Lipinski definition) is 1. The van der Waals surface area contributed by atoms with Gasteiger partial charge in [0, 0.05) is 28.4 Å². The number of nitrogens with zero attached hydrogens (tertiary/aromatic N) is 1. The van der Waals surface area contributed by atoms with E-state index in [1.165, 1.54) is 12.3 Å². The SMILES string of the molecule is CNC(C)c1cc(Cl)ccc1OCc1cncc(F)c1. The summed E-state index contributed by atoms with van der Waals surface area (Å²) in [7, 11) is 1.87. The molecule has 3 nitrogen and oxygen atoms in total. The van der Waals surface area contributed by atoms with Gasteiger partial charge in [0.1, 0.15) is 18.2 Å². The zero-order chi connectivity index (χ0) is 14.5. The number of halogens is 2. The number of hydrogen-bond acceptors (Lipinski definition) is 3. The molecule has 0 fully saturated rings. The molecular weight excluding hydrogens is 279 g/mol. The zero-order valence-electron chi connectivity index (χ0n) is 11.4. The summed E-state index contributed by atoms with van der Waals surface area (Å²) in [5.41, 5.74) is 1.65. The highest BCUT2D eigenvalue weighted by Crippen LogP contribution is 2.28. The fourth-order valence-corrected chi connectivity index (χ4v) is 2.02. The Kier molecular flexibility index (Phi) is 4.93. The van der Waals surface area contributed by atoms with Crippen molar-refractivity contribution in [1.29, 1.82) is 0 Å². The molecule has 0 spiro atoms. The van der Waals surface area contributed by atoms with Gasteiger partial charge in [0.2, 0.25) is 0 Å². The van der Waals surface area contributed by atoms with Crippen molar-refractivity contribution in [2.75, 3.05) is 7.05 Å². The quantitative estimate of drug-likeness (QED) is 0.912. The molecule has 0 amide bonds. The van der Waals surface area contributed by atoms with Crippen LogP contribution in [0, 0.1) is 5.82 Å². The highest BCUT2D eigenvalue weighted by atomic mass is 35.5. The third-order valence-electron chi connectivity index (χ3n) is 3.03. The Labute approximate surface area is 122 Å². The summed E-state index contributed by atoms with van der Waals surface area (Å²) in [5.74, 6) is 0.353. The lowest BCUT2D eigenvalue weighted by Crippen LogP contribution is -2.13. The van der Waals surface area contributed by atoms with Gasteiger partial charge in [0.05, 0.1) is 6.20 Å². The van der Waals surface area contributed by atoms with Crippen LogP contribution in [-0.2, 0) is 6.61 Å². The van der Waals surface area contributed by atoms with Gasteiger partial charge in [0.25, 0.3) is 0 Å². The van der Waals surface area contributed by atoms with Crippen molar-refractivity contribution < 1.29 is 9.13 Å². The molecule has 0 saturated heterocycles. The van der Waals surface area contributed by atoms with Crippen LogP contribution in [0.1, 0.15) is 24.1 Å². The normalized spacial score (nSPS) is 12.2. The second-order valence-electron chi connectivity index (χ2n) is 4.49. The van der Waals surface area contributed by atoms with Crippen molar-refractivity contribution in [2.24, 2.45) is 0 Å². The van der Waals surface area contributed by atoms with Crippen LogP contribution in [0.2, 0.25) is 5.02 Å². The van der Waals surface area contributed by atoms with E-state index in [0.717, 1.165) is 11.3 Å². The van der Waals surface area contributed by atoms with Crippen LogP contribution in [0.4, 0.5) is 4.39 Å². The molecule has 1 heterocycles. The lowest BCUT2D eigenvalue weighted by molar-refractivity contribution is 0.299. The monoisotopic (exact) mass is 294 g/mol. The molecule has 1 aromatic heterocycles. The number of benzene rings is 1. The summed E-state index contributed by atoms with van der Waals surface area (Å²) in [6.07, 6.45) is 2.75.